The van der Waals surface area contributed by atoms with Crippen LogP contribution in [0.2, 0.25) is 0 Å². The molecular weight excluding hydrogens is 298 g/mol. The SMILES string of the molecule is Cc1ccc(N2C(=O)[C@H]3CC[C@H](c4ccccc4)C[C@@H]3C2=O)cc1. The molecule has 1 aliphatic carbocycles. The number of hydrogen-bond acceptors (Lipinski definition) is 2. The molecule has 1 saturated heterocycles. The summed E-state index contributed by atoms with van der Waals surface area (Å²) in [5.41, 5.74) is 3.12. The Morgan fingerprint density at radius 1 is 0.833 bits per heavy atom. The molecule has 1 heterocycles. The molecule has 1 saturated carbocycles. The van der Waals surface area contributed by atoms with Gasteiger partial charge in [0.2, 0.25) is 11.8 Å². The fraction of sp³-hybridized carbons (Fsp3) is 0.333. The summed E-state index contributed by atoms with van der Waals surface area (Å²) >= 11 is 0. The molecule has 0 spiro atoms. The molecule has 0 radical (unpaired) electrons. The van der Waals surface area contributed by atoms with Gasteiger partial charge in [0.15, 0.2) is 0 Å². The van der Waals surface area contributed by atoms with Crippen LogP contribution < -0.4 is 4.90 Å². The molecule has 3 nitrogen and oxygen atoms in total. The fourth-order valence-corrected chi connectivity index (χ4v) is 4.16. The molecule has 2 amide bonds. The maximum Gasteiger partial charge on any atom is 0.237 e. The van der Waals surface area contributed by atoms with Crippen molar-refractivity contribution in [2.24, 2.45) is 11.8 Å². The van der Waals surface area contributed by atoms with E-state index in [9.17, 15) is 9.59 Å². The molecule has 0 N–H and O–H groups in total. The third-order valence-corrected chi connectivity index (χ3v) is 5.49. The number of aryl methyl sites for hydroxylation is 1. The summed E-state index contributed by atoms with van der Waals surface area (Å²) in [4.78, 5) is 27.1. The van der Waals surface area contributed by atoms with Crippen molar-refractivity contribution in [3.05, 3.63) is 65.7 Å². The van der Waals surface area contributed by atoms with Gasteiger partial charge in [0.1, 0.15) is 0 Å². The van der Waals surface area contributed by atoms with E-state index in [4.69, 9.17) is 0 Å². The minimum Gasteiger partial charge on any atom is -0.274 e. The first-order valence-electron chi connectivity index (χ1n) is 8.64. The topological polar surface area (TPSA) is 37.4 Å². The van der Waals surface area contributed by atoms with Crippen LogP contribution in [0.5, 0.6) is 0 Å². The first kappa shape index (κ1) is 15.1. The van der Waals surface area contributed by atoms with Crippen LogP contribution in [0.3, 0.4) is 0 Å². The van der Waals surface area contributed by atoms with Crippen LogP contribution >= 0.6 is 0 Å². The van der Waals surface area contributed by atoms with Crippen LogP contribution in [0.1, 0.15) is 36.3 Å². The number of anilines is 1. The second kappa shape index (κ2) is 5.90. The molecule has 3 atom stereocenters. The number of benzene rings is 2. The van der Waals surface area contributed by atoms with Gasteiger partial charge in [-0.15, -0.1) is 0 Å². The highest BCUT2D eigenvalue weighted by molar-refractivity contribution is 6.22. The summed E-state index contributed by atoms with van der Waals surface area (Å²) in [5.74, 6) is 0.0357. The van der Waals surface area contributed by atoms with Gasteiger partial charge in [0, 0.05) is 0 Å². The van der Waals surface area contributed by atoms with Gasteiger partial charge in [-0.05, 0) is 49.8 Å². The Hall–Kier alpha value is -2.42. The number of fused-ring (bicyclic) bond motifs is 1. The van der Waals surface area contributed by atoms with E-state index in [0.29, 0.717) is 11.6 Å². The minimum absolute atomic E-state index is 0.0136. The van der Waals surface area contributed by atoms with E-state index in [1.165, 1.54) is 10.5 Å². The molecule has 0 unspecified atom stereocenters. The lowest BCUT2D eigenvalue weighted by Gasteiger charge is -2.28. The number of imide groups is 1. The molecule has 0 bridgehead atoms. The Morgan fingerprint density at radius 2 is 1.50 bits per heavy atom. The van der Waals surface area contributed by atoms with E-state index in [-0.39, 0.29) is 23.7 Å². The van der Waals surface area contributed by atoms with Crippen molar-refractivity contribution in [2.75, 3.05) is 4.90 Å². The maximum atomic E-state index is 12.9. The van der Waals surface area contributed by atoms with Crippen LogP contribution in [0.4, 0.5) is 5.69 Å². The van der Waals surface area contributed by atoms with Gasteiger partial charge in [-0.25, -0.2) is 0 Å². The van der Waals surface area contributed by atoms with Gasteiger partial charge >= 0.3 is 0 Å². The third-order valence-electron chi connectivity index (χ3n) is 5.49. The summed E-state index contributed by atoms with van der Waals surface area (Å²) in [6.45, 7) is 2.00. The number of rotatable bonds is 2. The van der Waals surface area contributed by atoms with E-state index in [1.807, 2.05) is 49.4 Å². The van der Waals surface area contributed by atoms with Gasteiger partial charge in [-0.1, -0.05) is 48.0 Å². The van der Waals surface area contributed by atoms with Gasteiger partial charge in [-0.3, -0.25) is 14.5 Å². The second-order valence-corrected chi connectivity index (χ2v) is 6.98. The van der Waals surface area contributed by atoms with E-state index < -0.39 is 0 Å². The second-order valence-electron chi connectivity index (χ2n) is 6.98. The first-order valence-corrected chi connectivity index (χ1v) is 8.64. The highest BCUT2D eigenvalue weighted by Gasteiger charge is 2.50. The Labute approximate surface area is 142 Å². The van der Waals surface area contributed by atoms with Crippen molar-refractivity contribution in [3.63, 3.8) is 0 Å². The summed E-state index contributed by atoms with van der Waals surface area (Å²) in [7, 11) is 0. The monoisotopic (exact) mass is 319 g/mol. The number of nitrogens with zero attached hydrogens (tertiary/aromatic N) is 1. The van der Waals surface area contributed by atoms with Crippen LogP contribution in [0.15, 0.2) is 54.6 Å². The lowest BCUT2D eigenvalue weighted by atomic mass is 9.73. The molecule has 4 rings (SSSR count). The molecular formula is C21H21NO2. The predicted molar refractivity (Wildman–Crippen MR) is 93.7 cm³/mol. The Morgan fingerprint density at radius 3 is 2.21 bits per heavy atom. The zero-order chi connectivity index (χ0) is 16.7. The molecule has 3 heteroatoms. The summed E-state index contributed by atoms with van der Waals surface area (Å²) in [5, 5.41) is 0. The molecule has 2 fully saturated rings. The molecule has 2 aromatic carbocycles. The van der Waals surface area contributed by atoms with Gasteiger partial charge in [0.25, 0.3) is 0 Å². The molecule has 0 aromatic heterocycles. The smallest absolute Gasteiger partial charge is 0.237 e. The van der Waals surface area contributed by atoms with Gasteiger partial charge in [0.05, 0.1) is 17.5 Å². The molecule has 2 aliphatic rings. The largest absolute Gasteiger partial charge is 0.274 e. The third kappa shape index (κ3) is 2.44. The first-order chi connectivity index (χ1) is 11.6. The average molecular weight is 319 g/mol. The lowest BCUT2D eigenvalue weighted by molar-refractivity contribution is -0.122. The number of carbonyl (C=O) groups excluding carboxylic acids is 2. The lowest BCUT2D eigenvalue weighted by Crippen LogP contribution is -2.30. The van der Waals surface area contributed by atoms with Crippen LogP contribution in [-0.4, -0.2) is 11.8 Å². The predicted octanol–water partition coefficient (Wildman–Crippen LogP) is 4.07. The number of amides is 2. The van der Waals surface area contributed by atoms with Gasteiger partial charge in [-0.2, -0.15) is 0 Å². The number of carbonyl (C=O) groups is 2. The van der Waals surface area contributed by atoms with Crippen molar-refractivity contribution in [1.82, 2.24) is 0 Å². The minimum atomic E-state index is -0.169. The average Bonchev–Trinajstić information content (AvgIpc) is 2.87. The van der Waals surface area contributed by atoms with Gasteiger partial charge < -0.3 is 0 Å². The van der Waals surface area contributed by atoms with Crippen molar-refractivity contribution < 1.29 is 9.59 Å². The fourth-order valence-electron chi connectivity index (χ4n) is 4.16. The quantitative estimate of drug-likeness (QED) is 0.783. The Kier molecular flexibility index (Phi) is 3.72. The highest BCUT2D eigenvalue weighted by atomic mass is 16.2. The van der Waals surface area contributed by atoms with Crippen LogP contribution in [0.25, 0.3) is 0 Å². The molecule has 2 aromatic rings. The van der Waals surface area contributed by atoms with E-state index in [2.05, 4.69) is 12.1 Å². The zero-order valence-electron chi connectivity index (χ0n) is 13.8. The summed E-state index contributed by atoms with van der Waals surface area (Å²) < 4.78 is 0. The Balaban J connectivity index is 1.60. The van der Waals surface area contributed by atoms with Crippen LogP contribution in [-0.2, 0) is 9.59 Å². The number of hydrogen-bond donors (Lipinski definition) is 0. The van der Waals surface area contributed by atoms with Crippen molar-refractivity contribution in [3.8, 4) is 0 Å². The Bertz CT molecular complexity index is 766. The highest BCUT2D eigenvalue weighted by Crippen LogP contribution is 2.45. The zero-order valence-corrected chi connectivity index (χ0v) is 13.8. The van der Waals surface area contributed by atoms with Crippen molar-refractivity contribution in [2.45, 2.75) is 32.1 Å². The van der Waals surface area contributed by atoms with E-state index in [1.54, 1.807) is 0 Å². The molecule has 1 aliphatic heterocycles. The summed E-state index contributed by atoms with van der Waals surface area (Å²) in [6, 6.07) is 18.0. The normalized spacial score (nSPS) is 26.5. The molecule has 122 valence electrons. The maximum absolute atomic E-state index is 12.9. The van der Waals surface area contributed by atoms with Crippen molar-refractivity contribution in [1.29, 1.82) is 0 Å². The summed E-state index contributed by atoms with van der Waals surface area (Å²) in [6.07, 6.45) is 2.56. The van der Waals surface area contributed by atoms with E-state index in [0.717, 1.165) is 24.8 Å². The standard InChI is InChI=1S/C21H21NO2/c1-14-7-10-17(11-8-14)22-20(23)18-12-9-16(13-19(18)21(22)24)15-5-3-2-4-6-15/h2-8,10-11,16,18-19H,9,12-13H2,1H3/t16-,18-,19-/m0/s1. The van der Waals surface area contributed by atoms with E-state index >= 15 is 0 Å². The van der Waals surface area contributed by atoms with Crippen LogP contribution in [0, 0.1) is 18.8 Å². The molecule has 24 heavy (non-hydrogen) atoms. The van der Waals surface area contributed by atoms with Crippen molar-refractivity contribution >= 4 is 17.5 Å².